The van der Waals surface area contributed by atoms with Gasteiger partial charge in [0.25, 0.3) is 0 Å². The normalized spacial score (nSPS) is 12.4. The van der Waals surface area contributed by atoms with Crippen molar-refractivity contribution in [2.24, 2.45) is 5.73 Å². The summed E-state index contributed by atoms with van der Waals surface area (Å²) in [4.78, 5) is 2.71. The minimum absolute atomic E-state index is 0.191. The minimum Gasteiger partial charge on any atom is -0.376 e. The van der Waals surface area contributed by atoms with E-state index in [2.05, 4.69) is 52.4 Å². The van der Waals surface area contributed by atoms with E-state index in [-0.39, 0.29) is 6.04 Å². The number of nitrogens with one attached hydrogen (secondary N) is 1. The number of nitrogens with two attached hydrogens (primary N) is 1. The first kappa shape index (κ1) is 13.6. The van der Waals surface area contributed by atoms with Crippen LogP contribution in [-0.4, -0.2) is 6.54 Å². The highest BCUT2D eigenvalue weighted by Crippen LogP contribution is 2.26. The lowest BCUT2D eigenvalue weighted by Crippen LogP contribution is -2.19. The Morgan fingerprint density at radius 1 is 1.22 bits per heavy atom. The Hall–Kier alpha value is -0.840. The summed E-state index contributed by atoms with van der Waals surface area (Å²) in [5, 5.41) is 3.47. The molecule has 0 bridgehead atoms. The molecule has 1 aromatic carbocycles. The summed E-state index contributed by atoms with van der Waals surface area (Å²) in [6, 6.07) is 12.7. The molecule has 0 spiro atoms. The fourth-order valence-electron chi connectivity index (χ4n) is 1.77. The summed E-state index contributed by atoms with van der Waals surface area (Å²) < 4.78 is 1.08. The first-order valence-corrected chi connectivity index (χ1v) is 7.64. The van der Waals surface area contributed by atoms with Crippen molar-refractivity contribution < 1.29 is 0 Å². The van der Waals surface area contributed by atoms with Gasteiger partial charge in [-0.05, 0) is 42.8 Å². The maximum Gasteiger partial charge on any atom is 0.0728 e. The fourth-order valence-corrected chi connectivity index (χ4v) is 3.05. The maximum absolute atomic E-state index is 5.87. The highest BCUT2D eigenvalue weighted by Gasteiger charge is 2.11. The molecule has 0 aliphatic carbocycles. The SMILES string of the molecule is CCc1ccc(C(CN)Nc2ccc(Br)cc2)s1. The van der Waals surface area contributed by atoms with Crippen molar-refractivity contribution in [3.63, 3.8) is 0 Å². The van der Waals surface area contributed by atoms with Gasteiger partial charge in [0.15, 0.2) is 0 Å². The molecular formula is C14H17BrN2S. The van der Waals surface area contributed by atoms with Gasteiger partial charge in [0.05, 0.1) is 6.04 Å². The van der Waals surface area contributed by atoms with Crippen LogP contribution in [0.1, 0.15) is 22.7 Å². The van der Waals surface area contributed by atoms with Gasteiger partial charge in [-0.3, -0.25) is 0 Å². The van der Waals surface area contributed by atoms with E-state index in [0.717, 1.165) is 16.6 Å². The molecule has 0 aliphatic heterocycles. The Bertz CT molecular complexity index is 493. The first-order valence-electron chi connectivity index (χ1n) is 6.03. The van der Waals surface area contributed by atoms with Gasteiger partial charge in [-0.1, -0.05) is 22.9 Å². The lowest BCUT2D eigenvalue weighted by molar-refractivity contribution is 0.806. The maximum atomic E-state index is 5.87. The Kier molecular flexibility index (Phi) is 4.80. The Morgan fingerprint density at radius 2 is 1.94 bits per heavy atom. The van der Waals surface area contributed by atoms with E-state index >= 15 is 0 Å². The van der Waals surface area contributed by atoms with Gasteiger partial charge in [-0.25, -0.2) is 0 Å². The molecule has 1 unspecified atom stereocenters. The first-order chi connectivity index (χ1) is 8.72. The van der Waals surface area contributed by atoms with Crippen LogP contribution in [0.5, 0.6) is 0 Å². The van der Waals surface area contributed by atoms with Crippen molar-refractivity contribution in [3.8, 4) is 0 Å². The van der Waals surface area contributed by atoms with Crippen LogP contribution in [0, 0.1) is 0 Å². The topological polar surface area (TPSA) is 38.0 Å². The predicted molar refractivity (Wildman–Crippen MR) is 83.3 cm³/mol. The second-order valence-electron chi connectivity index (χ2n) is 4.10. The van der Waals surface area contributed by atoms with Gasteiger partial charge in [-0.15, -0.1) is 11.3 Å². The highest BCUT2D eigenvalue weighted by molar-refractivity contribution is 9.10. The third-order valence-electron chi connectivity index (χ3n) is 2.80. The molecule has 96 valence electrons. The van der Waals surface area contributed by atoms with E-state index in [1.165, 1.54) is 9.75 Å². The van der Waals surface area contributed by atoms with E-state index in [1.807, 2.05) is 23.5 Å². The molecule has 0 fully saturated rings. The molecule has 2 aromatic rings. The van der Waals surface area contributed by atoms with Crippen LogP contribution in [-0.2, 0) is 6.42 Å². The molecule has 0 amide bonds. The van der Waals surface area contributed by atoms with Crippen LogP contribution < -0.4 is 11.1 Å². The van der Waals surface area contributed by atoms with Gasteiger partial charge < -0.3 is 11.1 Å². The monoisotopic (exact) mass is 324 g/mol. The fraction of sp³-hybridized carbons (Fsp3) is 0.286. The van der Waals surface area contributed by atoms with Gasteiger partial charge in [0.1, 0.15) is 0 Å². The molecule has 1 heterocycles. The van der Waals surface area contributed by atoms with Crippen molar-refractivity contribution in [1.82, 2.24) is 0 Å². The second kappa shape index (κ2) is 6.36. The van der Waals surface area contributed by atoms with Gasteiger partial charge >= 0.3 is 0 Å². The van der Waals surface area contributed by atoms with Gasteiger partial charge in [0.2, 0.25) is 0 Å². The lowest BCUT2D eigenvalue weighted by atomic mass is 10.2. The molecule has 2 nitrogen and oxygen atoms in total. The smallest absolute Gasteiger partial charge is 0.0728 e. The van der Waals surface area contributed by atoms with Crippen LogP contribution in [0.25, 0.3) is 0 Å². The van der Waals surface area contributed by atoms with Crippen LogP contribution >= 0.6 is 27.3 Å². The summed E-state index contributed by atoms with van der Waals surface area (Å²) in [6.45, 7) is 2.77. The average molecular weight is 325 g/mol. The number of benzene rings is 1. The third-order valence-corrected chi connectivity index (χ3v) is 4.67. The quantitative estimate of drug-likeness (QED) is 0.865. The van der Waals surface area contributed by atoms with E-state index < -0.39 is 0 Å². The van der Waals surface area contributed by atoms with Crippen molar-refractivity contribution in [3.05, 3.63) is 50.6 Å². The standard InChI is InChI=1S/C14H17BrN2S/c1-2-12-7-8-14(18-12)13(9-16)17-11-5-3-10(15)4-6-11/h3-8,13,17H,2,9,16H2,1H3. The number of thiophene rings is 1. The number of hydrogen-bond donors (Lipinski definition) is 2. The summed E-state index contributed by atoms with van der Waals surface area (Å²) in [7, 11) is 0. The highest BCUT2D eigenvalue weighted by atomic mass is 79.9. The molecule has 2 rings (SSSR count). The van der Waals surface area contributed by atoms with Gasteiger partial charge in [-0.2, -0.15) is 0 Å². The van der Waals surface area contributed by atoms with Crippen molar-refractivity contribution in [2.75, 3.05) is 11.9 Å². The Balaban J connectivity index is 2.11. The van der Waals surface area contributed by atoms with Crippen LogP contribution in [0.15, 0.2) is 40.9 Å². The third kappa shape index (κ3) is 3.34. The zero-order chi connectivity index (χ0) is 13.0. The predicted octanol–water partition coefficient (Wildman–Crippen LogP) is 4.18. The summed E-state index contributed by atoms with van der Waals surface area (Å²) in [5.74, 6) is 0. The molecule has 0 saturated heterocycles. The molecule has 1 aromatic heterocycles. The van der Waals surface area contributed by atoms with E-state index in [0.29, 0.717) is 6.54 Å². The number of aryl methyl sites for hydroxylation is 1. The zero-order valence-electron chi connectivity index (χ0n) is 10.3. The van der Waals surface area contributed by atoms with Crippen molar-refractivity contribution >= 4 is 33.0 Å². The lowest BCUT2D eigenvalue weighted by Gasteiger charge is -2.16. The summed E-state index contributed by atoms with van der Waals surface area (Å²) in [6.07, 6.45) is 1.08. The number of rotatable bonds is 5. The molecule has 0 saturated carbocycles. The largest absolute Gasteiger partial charge is 0.376 e. The number of hydrogen-bond acceptors (Lipinski definition) is 3. The second-order valence-corrected chi connectivity index (χ2v) is 6.21. The van der Waals surface area contributed by atoms with E-state index in [9.17, 15) is 0 Å². The molecule has 4 heteroatoms. The van der Waals surface area contributed by atoms with E-state index in [1.54, 1.807) is 0 Å². The molecule has 18 heavy (non-hydrogen) atoms. The average Bonchev–Trinajstić information content (AvgIpc) is 2.87. The van der Waals surface area contributed by atoms with Crippen molar-refractivity contribution in [2.45, 2.75) is 19.4 Å². The van der Waals surface area contributed by atoms with Crippen LogP contribution in [0.2, 0.25) is 0 Å². The minimum atomic E-state index is 0.191. The summed E-state index contributed by atoms with van der Waals surface area (Å²) >= 11 is 5.27. The molecule has 3 N–H and O–H groups in total. The Morgan fingerprint density at radius 3 is 2.50 bits per heavy atom. The number of anilines is 1. The van der Waals surface area contributed by atoms with Crippen LogP contribution in [0.3, 0.4) is 0 Å². The van der Waals surface area contributed by atoms with Crippen LogP contribution in [0.4, 0.5) is 5.69 Å². The molecule has 0 radical (unpaired) electrons. The molecular weight excluding hydrogens is 308 g/mol. The van der Waals surface area contributed by atoms with Crippen molar-refractivity contribution in [1.29, 1.82) is 0 Å². The number of halogens is 1. The van der Waals surface area contributed by atoms with E-state index in [4.69, 9.17) is 5.73 Å². The molecule has 1 atom stereocenters. The Labute approximate surface area is 120 Å². The summed E-state index contributed by atoms with van der Waals surface area (Å²) in [5.41, 5.74) is 6.97. The zero-order valence-corrected chi connectivity index (χ0v) is 12.7. The van der Waals surface area contributed by atoms with Gasteiger partial charge in [0, 0.05) is 26.5 Å². The molecule has 0 aliphatic rings.